The van der Waals surface area contributed by atoms with Gasteiger partial charge in [-0.15, -0.1) is 6.58 Å². The van der Waals surface area contributed by atoms with Crippen molar-refractivity contribution in [3.63, 3.8) is 0 Å². The van der Waals surface area contributed by atoms with Gasteiger partial charge in [0.2, 0.25) is 27.7 Å². The summed E-state index contributed by atoms with van der Waals surface area (Å²) in [6.07, 6.45) is -0.270. The first-order valence-electron chi connectivity index (χ1n) is 21.5. The zero-order valence-corrected chi connectivity index (χ0v) is 38.4. The van der Waals surface area contributed by atoms with E-state index < -0.39 is 85.2 Å². The fourth-order valence-corrected chi connectivity index (χ4v) is 9.65. The number of likely N-dealkylation sites (tertiary alicyclic amines) is 1. The number of anilines is 1. The zero-order valence-electron chi connectivity index (χ0n) is 37.6. The lowest BCUT2D eigenvalue weighted by atomic mass is 9.85. The van der Waals surface area contributed by atoms with E-state index in [0.29, 0.717) is 33.8 Å². The smallest absolute Gasteiger partial charge is 0.408 e. The van der Waals surface area contributed by atoms with Crippen LogP contribution in [0.1, 0.15) is 67.2 Å². The summed E-state index contributed by atoms with van der Waals surface area (Å²) >= 11 is 0. The molecule has 1 aliphatic heterocycles. The minimum atomic E-state index is -4.61. The summed E-state index contributed by atoms with van der Waals surface area (Å²) in [5.74, 6) is -2.87. The van der Waals surface area contributed by atoms with Crippen molar-refractivity contribution in [1.82, 2.24) is 25.2 Å². The van der Waals surface area contributed by atoms with Crippen LogP contribution in [0.3, 0.4) is 0 Å². The Balaban J connectivity index is 1.19. The van der Waals surface area contributed by atoms with Gasteiger partial charge in [-0.3, -0.25) is 23.9 Å². The van der Waals surface area contributed by atoms with Gasteiger partial charge in [0.05, 0.1) is 24.9 Å². The highest BCUT2D eigenvalue weighted by molar-refractivity contribution is 7.92. The number of alkyl carbamates (subject to hydrolysis) is 1. The van der Waals surface area contributed by atoms with Gasteiger partial charge in [0.15, 0.2) is 4.75 Å². The van der Waals surface area contributed by atoms with Gasteiger partial charge in [0.25, 0.3) is 5.91 Å². The Kier molecular flexibility index (Phi) is 12.5. The summed E-state index contributed by atoms with van der Waals surface area (Å²) in [5.41, 5.74) is -1.13. The molecular weight excluding hydrogens is 853 g/mol. The Morgan fingerprint density at radius 3 is 2.15 bits per heavy atom. The molecule has 2 saturated carbocycles. The van der Waals surface area contributed by atoms with Crippen LogP contribution in [0, 0.1) is 11.3 Å². The van der Waals surface area contributed by atoms with Crippen LogP contribution in [0.2, 0.25) is 0 Å². The zero-order chi connectivity index (χ0) is 47.1. The van der Waals surface area contributed by atoms with Crippen molar-refractivity contribution in [2.24, 2.45) is 11.3 Å². The molecule has 0 radical (unpaired) electrons. The quantitative estimate of drug-likeness (QED) is 0.110. The molecule has 344 valence electrons. The number of aromatic nitrogens is 1. The number of pyridine rings is 1. The third-order valence-corrected chi connectivity index (χ3v) is 14.0. The fraction of sp³-hybridized carbons (Fsp3) is 0.417. The monoisotopic (exact) mass is 908 g/mol. The average molecular weight is 909 g/mol. The number of nitrogens with zero attached hydrogens (tertiary/aromatic N) is 2. The Labute approximate surface area is 378 Å². The van der Waals surface area contributed by atoms with E-state index in [2.05, 4.69) is 27.3 Å². The standard InChI is InChI=1S/C48H56N6O10S/c1-9-30-27-48(30,43(58)53-65(60,61)47(22-23-47)42(57)49-31-18-14-11-15-19-31)52-40(55)37-25-33(28-54(37)41(56)39(45(2,3)4)51-44(59)64-46(5,6)7)63-38-26-35(29-16-12-10-13-17-29)50-36-24-32(62-8)20-21-34(36)38/h9-21,24,26,30,33,37,39H,1,22-23,25,27-28H2,2-8H3,(H,49,57)(H,51,59)(H,52,55)(H,53,58)/t30?,33-,37+,39-,48-/m1/s1. The van der Waals surface area contributed by atoms with E-state index in [4.69, 9.17) is 19.2 Å². The largest absolute Gasteiger partial charge is 0.497 e. The van der Waals surface area contributed by atoms with E-state index in [1.165, 1.54) is 11.0 Å². The molecule has 1 aromatic heterocycles. The lowest BCUT2D eigenvalue weighted by Gasteiger charge is -2.36. The fourth-order valence-electron chi connectivity index (χ4n) is 8.10. The van der Waals surface area contributed by atoms with Gasteiger partial charge in [-0.1, -0.05) is 75.4 Å². The SMILES string of the molecule is C=CC1C[C@]1(NC(=O)[C@@H]1C[C@@H](Oc2cc(-c3ccccc3)nc3cc(OC)ccc23)CN1C(=O)[C@@H](NC(=O)OC(C)(C)C)C(C)(C)C)C(=O)NS(=O)(=O)C1(C(=O)Nc2ccccc2)CC1. The Hall–Kier alpha value is -6.49. The Morgan fingerprint density at radius 1 is 0.908 bits per heavy atom. The van der Waals surface area contributed by atoms with Crippen LogP contribution in [0.4, 0.5) is 10.5 Å². The molecule has 3 fully saturated rings. The van der Waals surface area contributed by atoms with Crippen LogP contribution < -0.4 is 30.1 Å². The molecule has 4 aromatic rings. The van der Waals surface area contributed by atoms with Crippen LogP contribution in [-0.4, -0.2) is 95.8 Å². The molecule has 0 bridgehead atoms. The lowest BCUT2D eigenvalue weighted by molar-refractivity contribution is -0.143. The number of amides is 5. The summed E-state index contributed by atoms with van der Waals surface area (Å²) in [6, 6.07) is 22.5. The first-order valence-corrected chi connectivity index (χ1v) is 23.0. The summed E-state index contributed by atoms with van der Waals surface area (Å²) in [6.45, 7) is 14.1. The molecule has 1 saturated heterocycles. The van der Waals surface area contributed by atoms with E-state index >= 15 is 0 Å². The Bertz CT molecular complexity index is 2630. The highest BCUT2D eigenvalue weighted by atomic mass is 32.2. The number of methoxy groups -OCH3 is 1. The first-order chi connectivity index (χ1) is 30.6. The van der Waals surface area contributed by atoms with Gasteiger partial charge < -0.3 is 35.1 Å². The summed E-state index contributed by atoms with van der Waals surface area (Å²) < 4.78 is 45.7. The Morgan fingerprint density at radius 2 is 1.57 bits per heavy atom. The molecule has 5 amide bonds. The second kappa shape index (κ2) is 17.5. The van der Waals surface area contributed by atoms with Gasteiger partial charge in [0.1, 0.15) is 40.8 Å². The van der Waals surface area contributed by atoms with Crippen molar-refractivity contribution in [1.29, 1.82) is 0 Å². The van der Waals surface area contributed by atoms with Crippen molar-refractivity contribution >= 4 is 56.3 Å². The maximum atomic E-state index is 14.8. The van der Waals surface area contributed by atoms with Crippen LogP contribution in [0.5, 0.6) is 11.5 Å². The van der Waals surface area contributed by atoms with E-state index in [1.807, 2.05) is 36.4 Å². The van der Waals surface area contributed by atoms with Crippen molar-refractivity contribution in [2.45, 2.75) is 101 Å². The van der Waals surface area contributed by atoms with Crippen molar-refractivity contribution < 1.29 is 46.6 Å². The molecule has 0 spiro atoms. The van der Waals surface area contributed by atoms with Gasteiger partial charge in [-0.05, 0) is 69.7 Å². The number of sulfonamides is 1. The van der Waals surface area contributed by atoms with Gasteiger partial charge in [0, 0.05) is 41.1 Å². The summed E-state index contributed by atoms with van der Waals surface area (Å²) in [7, 11) is -3.06. The number of hydrogen-bond acceptors (Lipinski definition) is 11. The molecule has 3 aromatic carbocycles. The summed E-state index contributed by atoms with van der Waals surface area (Å²) in [4.78, 5) is 76.5. The van der Waals surface area contributed by atoms with Gasteiger partial charge in [-0.2, -0.15) is 0 Å². The van der Waals surface area contributed by atoms with Crippen molar-refractivity contribution in [3.05, 3.63) is 97.6 Å². The topological polar surface area (TPSA) is 211 Å². The number of carbonyl (C=O) groups is 5. The van der Waals surface area contributed by atoms with E-state index in [-0.39, 0.29) is 32.2 Å². The predicted molar refractivity (Wildman–Crippen MR) is 244 cm³/mol. The average Bonchev–Trinajstić information content (AvgIpc) is 4.17. The maximum absolute atomic E-state index is 14.8. The highest BCUT2D eigenvalue weighted by Crippen LogP contribution is 2.48. The minimum Gasteiger partial charge on any atom is -0.497 e. The molecule has 2 heterocycles. The van der Waals surface area contributed by atoms with E-state index in [9.17, 15) is 32.4 Å². The van der Waals surface area contributed by atoms with Crippen molar-refractivity contribution in [2.75, 3.05) is 19.0 Å². The third kappa shape index (κ3) is 9.79. The molecule has 7 rings (SSSR count). The number of rotatable bonds is 14. The highest BCUT2D eigenvalue weighted by Gasteiger charge is 2.66. The molecule has 17 heteroatoms. The molecule has 3 aliphatic rings. The minimum absolute atomic E-state index is 0.00689. The van der Waals surface area contributed by atoms with E-state index in [0.717, 1.165) is 5.56 Å². The molecule has 65 heavy (non-hydrogen) atoms. The predicted octanol–water partition coefficient (Wildman–Crippen LogP) is 5.88. The molecule has 4 N–H and O–H groups in total. The molecule has 16 nitrogen and oxygen atoms in total. The maximum Gasteiger partial charge on any atom is 0.408 e. The molecule has 2 aliphatic carbocycles. The lowest BCUT2D eigenvalue weighted by Crippen LogP contribution is -2.60. The molecule has 5 atom stereocenters. The van der Waals surface area contributed by atoms with Crippen LogP contribution in [0.25, 0.3) is 22.2 Å². The first kappa shape index (κ1) is 46.5. The number of ether oxygens (including phenoxy) is 3. The van der Waals surface area contributed by atoms with Gasteiger partial charge >= 0.3 is 6.09 Å². The number of benzene rings is 3. The second-order valence-electron chi connectivity index (χ2n) is 18.9. The van der Waals surface area contributed by atoms with E-state index in [1.54, 1.807) is 97.2 Å². The number of fused-ring (bicyclic) bond motifs is 1. The van der Waals surface area contributed by atoms with Crippen LogP contribution >= 0.6 is 0 Å². The van der Waals surface area contributed by atoms with Crippen molar-refractivity contribution in [3.8, 4) is 22.8 Å². The number of nitrogens with one attached hydrogen (secondary N) is 4. The number of hydrogen-bond donors (Lipinski definition) is 4. The molecule has 1 unspecified atom stereocenters. The normalized spacial score (nSPS) is 21.6. The van der Waals surface area contributed by atoms with Crippen LogP contribution in [-0.2, 0) is 33.9 Å². The third-order valence-electron chi connectivity index (χ3n) is 11.9. The van der Waals surface area contributed by atoms with Crippen LogP contribution in [0.15, 0.2) is 97.6 Å². The number of para-hydroxylation sites is 1. The second-order valence-corrected chi connectivity index (χ2v) is 20.9. The summed E-state index contributed by atoms with van der Waals surface area (Å²) in [5, 5.41) is 8.78. The number of carbonyl (C=O) groups excluding carboxylic acids is 5. The van der Waals surface area contributed by atoms with Gasteiger partial charge in [-0.25, -0.2) is 18.2 Å². The molecular formula is C48H56N6O10S.